The van der Waals surface area contributed by atoms with E-state index in [2.05, 4.69) is 36.0 Å². The Hall–Kier alpha value is -0.0800. The second kappa shape index (κ2) is 13.2. The van der Waals surface area contributed by atoms with E-state index >= 15 is 0 Å². The minimum absolute atomic E-state index is 0. The molecule has 0 bridgehead atoms. The minimum atomic E-state index is 0. The van der Waals surface area contributed by atoms with E-state index in [0.29, 0.717) is 5.96 Å². The van der Waals surface area contributed by atoms with Crippen LogP contribution in [0, 0.1) is 5.41 Å². The number of hydrogen-bond donors (Lipinski definition) is 2. The second-order valence-electron chi connectivity index (χ2n) is 7.06. The van der Waals surface area contributed by atoms with Gasteiger partial charge in [0.1, 0.15) is 0 Å². The van der Waals surface area contributed by atoms with Crippen LogP contribution in [0.4, 0.5) is 0 Å². The lowest BCUT2D eigenvalue weighted by molar-refractivity contribution is 0.0376. The summed E-state index contributed by atoms with van der Waals surface area (Å²) in [6.45, 7) is 13.4. The zero-order chi connectivity index (χ0) is 16.3. The molecule has 0 unspecified atom stereocenters. The van der Waals surface area contributed by atoms with Gasteiger partial charge in [-0.1, -0.05) is 40.0 Å². The van der Waals surface area contributed by atoms with E-state index in [4.69, 9.17) is 10.5 Å². The number of rotatable bonds is 10. The minimum Gasteiger partial charge on any atom is -0.379 e. The lowest BCUT2D eigenvalue weighted by Crippen LogP contribution is -2.39. The van der Waals surface area contributed by atoms with Crippen LogP contribution in [0.5, 0.6) is 0 Å². The SMILES string of the molecule is CCCCCC(C)(C)CN=C(N)NCCCN1CCOCC1.I. The van der Waals surface area contributed by atoms with Gasteiger partial charge in [0.05, 0.1) is 13.2 Å². The van der Waals surface area contributed by atoms with Gasteiger partial charge in [0.25, 0.3) is 0 Å². The molecule has 1 rings (SSSR count). The molecule has 1 fully saturated rings. The fourth-order valence-corrected chi connectivity index (χ4v) is 2.63. The molecule has 5 nitrogen and oxygen atoms in total. The third-order valence-corrected chi connectivity index (χ3v) is 4.20. The van der Waals surface area contributed by atoms with E-state index in [9.17, 15) is 0 Å². The number of ether oxygens (including phenoxy) is 1. The van der Waals surface area contributed by atoms with Gasteiger partial charge < -0.3 is 15.8 Å². The van der Waals surface area contributed by atoms with Gasteiger partial charge in [0.15, 0.2) is 5.96 Å². The third-order valence-electron chi connectivity index (χ3n) is 4.20. The first kappa shape index (κ1) is 22.9. The van der Waals surface area contributed by atoms with Gasteiger partial charge in [-0.15, -0.1) is 24.0 Å². The van der Waals surface area contributed by atoms with Crippen LogP contribution in [-0.2, 0) is 4.74 Å². The van der Waals surface area contributed by atoms with Crippen molar-refractivity contribution in [3.8, 4) is 0 Å². The lowest BCUT2D eigenvalue weighted by atomic mass is 9.87. The summed E-state index contributed by atoms with van der Waals surface area (Å²) in [5, 5.41) is 3.23. The maximum atomic E-state index is 5.96. The highest BCUT2D eigenvalue weighted by Gasteiger charge is 2.16. The first-order valence-corrected chi connectivity index (χ1v) is 8.87. The van der Waals surface area contributed by atoms with Crippen molar-refractivity contribution in [3.05, 3.63) is 0 Å². The zero-order valence-corrected chi connectivity index (χ0v) is 17.6. The number of halogens is 1. The van der Waals surface area contributed by atoms with Gasteiger partial charge in [-0.2, -0.15) is 0 Å². The quantitative estimate of drug-likeness (QED) is 0.237. The number of nitrogens with one attached hydrogen (secondary N) is 1. The van der Waals surface area contributed by atoms with Gasteiger partial charge >= 0.3 is 0 Å². The smallest absolute Gasteiger partial charge is 0.188 e. The molecule has 1 aliphatic heterocycles. The third kappa shape index (κ3) is 12.0. The maximum absolute atomic E-state index is 5.96. The molecule has 138 valence electrons. The van der Waals surface area contributed by atoms with Crippen LogP contribution in [-0.4, -0.2) is 56.8 Å². The first-order chi connectivity index (χ1) is 10.5. The molecule has 0 atom stereocenters. The molecule has 1 heterocycles. The van der Waals surface area contributed by atoms with Crippen molar-refractivity contribution in [2.45, 2.75) is 52.9 Å². The Balaban J connectivity index is 0.00000484. The molecule has 1 saturated heterocycles. The van der Waals surface area contributed by atoms with Crippen LogP contribution in [0.25, 0.3) is 0 Å². The summed E-state index contributed by atoms with van der Waals surface area (Å²) in [4.78, 5) is 6.95. The monoisotopic (exact) mass is 440 g/mol. The molecule has 1 aliphatic rings. The standard InChI is InChI=1S/C17H36N4O.HI/c1-4-5-6-8-17(2,3)15-20-16(18)19-9-7-10-21-11-13-22-14-12-21;/h4-15H2,1-3H3,(H3,18,19,20);1H. The van der Waals surface area contributed by atoms with Crippen molar-refractivity contribution in [2.75, 3.05) is 45.9 Å². The molecule has 3 N–H and O–H groups in total. The number of hydrogen-bond acceptors (Lipinski definition) is 3. The van der Waals surface area contributed by atoms with Crippen LogP contribution in [0.15, 0.2) is 4.99 Å². The molecule has 0 aromatic rings. The Morgan fingerprint density at radius 1 is 1.22 bits per heavy atom. The zero-order valence-electron chi connectivity index (χ0n) is 15.3. The van der Waals surface area contributed by atoms with Crippen molar-refractivity contribution >= 4 is 29.9 Å². The van der Waals surface area contributed by atoms with E-state index in [1.165, 1.54) is 25.7 Å². The van der Waals surface area contributed by atoms with Gasteiger partial charge in [-0.3, -0.25) is 9.89 Å². The molecule has 0 amide bonds. The van der Waals surface area contributed by atoms with E-state index in [-0.39, 0.29) is 29.4 Å². The Morgan fingerprint density at radius 3 is 2.57 bits per heavy atom. The number of unbranched alkanes of at least 4 members (excludes halogenated alkanes) is 2. The second-order valence-corrected chi connectivity index (χ2v) is 7.06. The normalized spacial score (nSPS) is 16.9. The van der Waals surface area contributed by atoms with Crippen LogP contribution in [0.1, 0.15) is 52.9 Å². The number of guanidine groups is 1. The van der Waals surface area contributed by atoms with Crippen LogP contribution in [0.3, 0.4) is 0 Å². The topological polar surface area (TPSA) is 62.9 Å². The maximum Gasteiger partial charge on any atom is 0.188 e. The number of nitrogens with two attached hydrogens (primary N) is 1. The summed E-state index contributed by atoms with van der Waals surface area (Å²) in [5.41, 5.74) is 6.21. The highest BCUT2D eigenvalue weighted by molar-refractivity contribution is 14.0. The highest BCUT2D eigenvalue weighted by atomic mass is 127. The highest BCUT2D eigenvalue weighted by Crippen LogP contribution is 2.23. The molecular formula is C17H37IN4O. The van der Waals surface area contributed by atoms with Crippen molar-refractivity contribution in [2.24, 2.45) is 16.1 Å². The Bertz CT molecular complexity index is 318. The average Bonchev–Trinajstić information content (AvgIpc) is 2.51. The molecule has 6 heteroatoms. The summed E-state index contributed by atoms with van der Waals surface area (Å²) in [5.74, 6) is 0.588. The fraction of sp³-hybridized carbons (Fsp3) is 0.941. The molecule has 0 aliphatic carbocycles. The predicted octanol–water partition coefficient (Wildman–Crippen LogP) is 2.84. The molecule has 0 radical (unpaired) electrons. The number of aliphatic imine (C=N–C) groups is 1. The van der Waals surface area contributed by atoms with E-state index < -0.39 is 0 Å². The van der Waals surface area contributed by atoms with Gasteiger partial charge in [0.2, 0.25) is 0 Å². The van der Waals surface area contributed by atoms with Crippen LogP contribution in [0.2, 0.25) is 0 Å². The van der Waals surface area contributed by atoms with E-state index in [1.54, 1.807) is 0 Å². The molecule has 0 spiro atoms. The van der Waals surface area contributed by atoms with Crippen molar-refractivity contribution in [1.82, 2.24) is 10.2 Å². The van der Waals surface area contributed by atoms with Gasteiger partial charge in [-0.05, 0) is 24.8 Å². The lowest BCUT2D eigenvalue weighted by Gasteiger charge is -2.26. The van der Waals surface area contributed by atoms with Crippen LogP contribution < -0.4 is 11.1 Å². The summed E-state index contributed by atoms with van der Waals surface area (Å²) in [6, 6.07) is 0. The molecule has 0 aromatic carbocycles. The Kier molecular flexibility index (Phi) is 13.2. The predicted molar refractivity (Wildman–Crippen MR) is 110 cm³/mol. The molecule has 0 aromatic heterocycles. The molecule has 23 heavy (non-hydrogen) atoms. The number of morpholine rings is 1. The molecule has 0 saturated carbocycles. The van der Waals surface area contributed by atoms with Crippen molar-refractivity contribution in [3.63, 3.8) is 0 Å². The van der Waals surface area contributed by atoms with Crippen molar-refractivity contribution in [1.29, 1.82) is 0 Å². The number of nitrogens with zero attached hydrogens (tertiary/aromatic N) is 2. The van der Waals surface area contributed by atoms with Crippen molar-refractivity contribution < 1.29 is 4.74 Å². The largest absolute Gasteiger partial charge is 0.379 e. The average molecular weight is 440 g/mol. The summed E-state index contributed by atoms with van der Waals surface area (Å²) >= 11 is 0. The Labute approximate surface area is 159 Å². The summed E-state index contributed by atoms with van der Waals surface area (Å²) < 4.78 is 5.35. The van der Waals surface area contributed by atoms with Gasteiger partial charge in [-0.25, -0.2) is 0 Å². The van der Waals surface area contributed by atoms with Gasteiger partial charge in [0, 0.05) is 26.2 Å². The summed E-state index contributed by atoms with van der Waals surface area (Å²) in [6.07, 6.45) is 6.17. The first-order valence-electron chi connectivity index (χ1n) is 8.87. The van der Waals surface area contributed by atoms with E-state index in [1.807, 2.05) is 0 Å². The van der Waals surface area contributed by atoms with E-state index in [0.717, 1.165) is 52.4 Å². The summed E-state index contributed by atoms with van der Waals surface area (Å²) in [7, 11) is 0. The Morgan fingerprint density at radius 2 is 1.91 bits per heavy atom. The van der Waals surface area contributed by atoms with Crippen LogP contribution >= 0.6 is 24.0 Å². The fourth-order valence-electron chi connectivity index (χ4n) is 2.63. The molecular weight excluding hydrogens is 403 g/mol.